The van der Waals surface area contributed by atoms with Crippen molar-refractivity contribution in [3.63, 3.8) is 0 Å². The fraction of sp³-hybridized carbons (Fsp3) is 0.556. The summed E-state index contributed by atoms with van der Waals surface area (Å²) in [5.74, 6) is 0. The average Bonchev–Trinajstić information content (AvgIpc) is 3.64. The second-order valence-electron chi connectivity index (χ2n) is 10.0. The molecule has 0 radical (unpaired) electrons. The van der Waals surface area contributed by atoms with Gasteiger partial charge in [-0.15, -0.1) is 0 Å². The molecule has 4 unspecified atom stereocenters. The van der Waals surface area contributed by atoms with Crippen molar-refractivity contribution in [3.8, 4) is 0 Å². The molecule has 33 heavy (non-hydrogen) atoms. The SMILES string of the molecule is CC(c1ccc(Cc2ccccc2)cc1)(N(CC1CO1)CC1CO1)N(CC1CO1)CC1CO1. The van der Waals surface area contributed by atoms with E-state index in [2.05, 4.69) is 71.3 Å². The van der Waals surface area contributed by atoms with Gasteiger partial charge in [0, 0.05) is 26.2 Å². The van der Waals surface area contributed by atoms with Crippen molar-refractivity contribution in [3.05, 3.63) is 71.3 Å². The van der Waals surface area contributed by atoms with E-state index < -0.39 is 0 Å². The predicted molar refractivity (Wildman–Crippen MR) is 125 cm³/mol. The van der Waals surface area contributed by atoms with Crippen LogP contribution in [0, 0.1) is 0 Å². The van der Waals surface area contributed by atoms with Crippen molar-refractivity contribution in [2.45, 2.75) is 43.4 Å². The lowest BCUT2D eigenvalue weighted by molar-refractivity contribution is -0.0639. The van der Waals surface area contributed by atoms with E-state index in [0.717, 1.165) is 59.0 Å². The van der Waals surface area contributed by atoms with Crippen LogP contribution in [0.2, 0.25) is 0 Å². The summed E-state index contributed by atoms with van der Waals surface area (Å²) in [7, 11) is 0. The van der Waals surface area contributed by atoms with Crippen LogP contribution in [0.4, 0.5) is 0 Å². The standard InChI is InChI=1S/C27H34N2O4/c1-27(28(12-23-16-30-23)13-24-17-31-24,29(14-25-18-32-25)15-26-19-33-26)22-9-7-21(8-10-22)11-20-5-3-2-4-6-20/h2-10,23-26H,11-19H2,1H3. The number of nitrogens with zero attached hydrogens (tertiary/aromatic N) is 2. The van der Waals surface area contributed by atoms with Gasteiger partial charge in [-0.2, -0.15) is 0 Å². The normalized spacial score (nSPS) is 29.2. The van der Waals surface area contributed by atoms with Crippen molar-refractivity contribution in [2.75, 3.05) is 52.6 Å². The van der Waals surface area contributed by atoms with Gasteiger partial charge < -0.3 is 18.9 Å². The Morgan fingerprint density at radius 2 is 1.03 bits per heavy atom. The highest BCUT2D eigenvalue weighted by atomic mass is 16.6. The first-order valence-corrected chi connectivity index (χ1v) is 12.3. The summed E-state index contributed by atoms with van der Waals surface area (Å²) in [6.07, 6.45) is 2.21. The van der Waals surface area contributed by atoms with Crippen LogP contribution in [0.1, 0.15) is 23.6 Å². The number of ether oxygens (including phenoxy) is 4. The molecule has 6 nitrogen and oxygen atoms in total. The molecule has 0 amide bonds. The van der Waals surface area contributed by atoms with Gasteiger partial charge in [0.25, 0.3) is 0 Å². The molecule has 6 heteroatoms. The lowest BCUT2D eigenvalue weighted by Crippen LogP contribution is -2.60. The van der Waals surface area contributed by atoms with Crippen molar-refractivity contribution >= 4 is 0 Å². The predicted octanol–water partition coefficient (Wildman–Crippen LogP) is 2.65. The summed E-state index contributed by atoms with van der Waals surface area (Å²) in [5.41, 5.74) is 3.69. The molecule has 6 rings (SSSR count). The molecule has 4 fully saturated rings. The van der Waals surface area contributed by atoms with E-state index in [-0.39, 0.29) is 5.66 Å². The summed E-state index contributed by atoms with van der Waals surface area (Å²) >= 11 is 0. The highest BCUT2D eigenvalue weighted by Gasteiger charge is 2.47. The maximum absolute atomic E-state index is 5.67. The molecule has 4 saturated heterocycles. The Morgan fingerprint density at radius 3 is 1.42 bits per heavy atom. The fourth-order valence-electron chi connectivity index (χ4n) is 4.87. The van der Waals surface area contributed by atoms with Crippen molar-refractivity contribution < 1.29 is 18.9 Å². The third-order valence-electron chi connectivity index (χ3n) is 7.29. The lowest BCUT2D eigenvalue weighted by Gasteiger charge is -2.49. The average molecular weight is 451 g/mol. The van der Waals surface area contributed by atoms with Gasteiger partial charge >= 0.3 is 0 Å². The molecule has 0 spiro atoms. The van der Waals surface area contributed by atoms with Crippen LogP contribution in [0.25, 0.3) is 0 Å². The zero-order valence-electron chi connectivity index (χ0n) is 19.4. The van der Waals surface area contributed by atoms with Crippen molar-refractivity contribution in [2.24, 2.45) is 0 Å². The summed E-state index contributed by atoms with van der Waals surface area (Å²) < 4.78 is 22.7. The van der Waals surface area contributed by atoms with E-state index in [1.807, 2.05) is 0 Å². The van der Waals surface area contributed by atoms with Gasteiger partial charge in [0.2, 0.25) is 0 Å². The van der Waals surface area contributed by atoms with Crippen LogP contribution in [0.3, 0.4) is 0 Å². The molecule has 176 valence electrons. The molecule has 4 aliphatic rings. The van der Waals surface area contributed by atoms with Gasteiger partial charge in [0.1, 0.15) is 0 Å². The molecular formula is C27H34N2O4. The Morgan fingerprint density at radius 1 is 0.636 bits per heavy atom. The van der Waals surface area contributed by atoms with Gasteiger partial charge in [0.15, 0.2) is 0 Å². The third kappa shape index (κ3) is 5.48. The molecule has 4 atom stereocenters. The molecule has 0 bridgehead atoms. The van der Waals surface area contributed by atoms with Crippen LogP contribution in [0.5, 0.6) is 0 Å². The summed E-state index contributed by atoms with van der Waals surface area (Å²) in [6, 6.07) is 19.9. The van der Waals surface area contributed by atoms with Crippen LogP contribution >= 0.6 is 0 Å². The van der Waals surface area contributed by atoms with E-state index in [1.54, 1.807) is 0 Å². The first-order chi connectivity index (χ1) is 16.2. The van der Waals surface area contributed by atoms with E-state index in [1.165, 1.54) is 16.7 Å². The number of epoxide rings is 4. The van der Waals surface area contributed by atoms with Crippen molar-refractivity contribution in [1.82, 2.24) is 9.80 Å². The highest BCUT2D eigenvalue weighted by Crippen LogP contribution is 2.38. The Kier molecular flexibility index (Phi) is 5.99. The Balaban J connectivity index is 1.31. The minimum atomic E-state index is -0.291. The zero-order valence-corrected chi connectivity index (χ0v) is 19.4. The largest absolute Gasteiger partial charge is 0.372 e. The quantitative estimate of drug-likeness (QED) is 0.346. The third-order valence-corrected chi connectivity index (χ3v) is 7.29. The van der Waals surface area contributed by atoms with E-state index >= 15 is 0 Å². The molecule has 0 N–H and O–H groups in total. The maximum Gasteiger partial charge on any atom is 0.0975 e. The molecule has 0 aliphatic carbocycles. The van der Waals surface area contributed by atoms with Crippen LogP contribution in [-0.4, -0.2) is 86.8 Å². The minimum absolute atomic E-state index is 0.291. The van der Waals surface area contributed by atoms with E-state index in [9.17, 15) is 0 Å². The first kappa shape index (κ1) is 21.7. The number of rotatable bonds is 13. The fourth-order valence-corrected chi connectivity index (χ4v) is 4.87. The van der Waals surface area contributed by atoms with Gasteiger partial charge in [-0.3, -0.25) is 9.80 Å². The molecule has 4 heterocycles. The maximum atomic E-state index is 5.67. The smallest absolute Gasteiger partial charge is 0.0975 e. The Bertz CT molecular complexity index is 861. The van der Waals surface area contributed by atoms with Gasteiger partial charge in [-0.05, 0) is 30.0 Å². The zero-order chi connectivity index (χ0) is 22.3. The summed E-state index contributed by atoms with van der Waals surface area (Å²) in [5, 5.41) is 0. The molecule has 2 aromatic rings. The van der Waals surface area contributed by atoms with Gasteiger partial charge in [-0.25, -0.2) is 0 Å². The van der Waals surface area contributed by atoms with Crippen LogP contribution in [-0.2, 0) is 31.0 Å². The monoisotopic (exact) mass is 450 g/mol. The molecule has 0 saturated carbocycles. The highest BCUT2D eigenvalue weighted by molar-refractivity contribution is 5.32. The topological polar surface area (TPSA) is 56.6 Å². The first-order valence-electron chi connectivity index (χ1n) is 12.3. The number of benzene rings is 2. The second-order valence-corrected chi connectivity index (χ2v) is 10.0. The van der Waals surface area contributed by atoms with Crippen LogP contribution < -0.4 is 0 Å². The number of hydrogen-bond acceptors (Lipinski definition) is 6. The Labute approximate surface area is 196 Å². The molecule has 0 aromatic heterocycles. The van der Waals surface area contributed by atoms with Crippen LogP contribution in [0.15, 0.2) is 54.6 Å². The summed E-state index contributed by atoms with van der Waals surface area (Å²) in [4.78, 5) is 5.17. The minimum Gasteiger partial charge on any atom is -0.372 e. The van der Waals surface area contributed by atoms with Crippen molar-refractivity contribution in [1.29, 1.82) is 0 Å². The molecule has 2 aromatic carbocycles. The lowest BCUT2D eigenvalue weighted by atomic mass is 9.93. The Hall–Kier alpha value is -1.80. The molecule has 4 aliphatic heterocycles. The van der Waals surface area contributed by atoms with E-state index in [0.29, 0.717) is 24.4 Å². The number of hydrogen-bond donors (Lipinski definition) is 0. The van der Waals surface area contributed by atoms with E-state index in [4.69, 9.17) is 18.9 Å². The molecular weight excluding hydrogens is 416 g/mol. The van der Waals surface area contributed by atoms with Gasteiger partial charge in [-0.1, -0.05) is 54.6 Å². The summed E-state index contributed by atoms with van der Waals surface area (Å²) in [6.45, 7) is 9.43. The second kappa shape index (κ2) is 9.10. The van der Waals surface area contributed by atoms with Gasteiger partial charge in [0.05, 0.1) is 56.5 Å².